The zero-order valence-electron chi connectivity index (χ0n) is 41.5. The Labute approximate surface area is 420 Å². The van der Waals surface area contributed by atoms with E-state index >= 15 is 0 Å². The van der Waals surface area contributed by atoms with Crippen LogP contribution in [0.2, 0.25) is 0 Å². The van der Waals surface area contributed by atoms with Crippen molar-refractivity contribution in [3.05, 3.63) is 226 Å². The number of benzene rings is 10. The van der Waals surface area contributed by atoms with Crippen LogP contribution in [0.4, 0.5) is 0 Å². The third kappa shape index (κ3) is 5.19. The molecule has 5 aliphatic carbocycles. The van der Waals surface area contributed by atoms with Gasteiger partial charge in [0.05, 0.1) is 0 Å². The summed E-state index contributed by atoms with van der Waals surface area (Å²) in [5.41, 5.74) is 24.0. The van der Waals surface area contributed by atoms with Crippen LogP contribution in [0.3, 0.4) is 0 Å². The lowest BCUT2D eigenvalue weighted by Crippen LogP contribution is -2.28. The molecule has 0 saturated heterocycles. The second-order valence-electron chi connectivity index (χ2n) is 22.8. The number of para-hydroxylation sites is 1. The van der Waals surface area contributed by atoms with Crippen molar-refractivity contribution in [2.75, 3.05) is 0 Å². The van der Waals surface area contributed by atoms with Crippen molar-refractivity contribution in [3.63, 3.8) is 0 Å². The second kappa shape index (κ2) is 14.2. The van der Waals surface area contributed by atoms with Crippen molar-refractivity contribution >= 4 is 65.7 Å². The maximum atomic E-state index is 6.79. The van der Waals surface area contributed by atoms with Crippen LogP contribution in [-0.4, -0.2) is 0 Å². The minimum atomic E-state index is -0.228. The lowest BCUT2D eigenvalue weighted by atomic mass is 9.67. The second-order valence-corrected chi connectivity index (χ2v) is 22.8. The summed E-state index contributed by atoms with van der Waals surface area (Å²) in [6, 6.07) is 63.3. The van der Waals surface area contributed by atoms with Crippen LogP contribution in [0.5, 0.6) is 0 Å². The van der Waals surface area contributed by atoms with E-state index in [1.165, 1.54) is 164 Å². The predicted octanol–water partition coefficient (Wildman–Crippen LogP) is 17.5. The molecular weight excluding hydrogens is 869 g/mol. The van der Waals surface area contributed by atoms with Gasteiger partial charge in [-0.25, -0.2) is 0 Å². The molecule has 1 nitrogen and oxygen atoms in total. The van der Waals surface area contributed by atoms with E-state index < -0.39 is 0 Å². The van der Waals surface area contributed by atoms with E-state index in [2.05, 4.69) is 210 Å². The molecule has 1 heteroatoms. The van der Waals surface area contributed by atoms with Gasteiger partial charge in [-0.15, -0.1) is 0 Å². The minimum Gasteiger partial charge on any atom is -0.455 e. The Balaban J connectivity index is 0.904. The lowest BCUT2D eigenvalue weighted by molar-refractivity contribution is 0.353. The molecule has 0 N–H and O–H groups in total. The van der Waals surface area contributed by atoms with Gasteiger partial charge < -0.3 is 4.42 Å². The molecule has 0 atom stereocenters. The smallest absolute Gasteiger partial charge is 0.142 e. The third-order valence-corrected chi connectivity index (χ3v) is 18.7. The van der Waals surface area contributed by atoms with Gasteiger partial charge in [0.2, 0.25) is 0 Å². The molecule has 1 aromatic heterocycles. The number of hydrogen-bond donors (Lipinski definition) is 0. The van der Waals surface area contributed by atoms with Gasteiger partial charge in [-0.3, -0.25) is 0 Å². The fourth-order valence-electron chi connectivity index (χ4n) is 15.2. The maximum Gasteiger partial charge on any atom is 0.142 e. The largest absolute Gasteiger partial charge is 0.455 e. The normalized spacial score (nSPS) is 17.2. The van der Waals surface area contributed by atoms with E-state index in [-0.39, 0.29) is 16.2 Å². The first-order valence-corrected chi connectivity index (χ1v) is 26.5. The molecule has 16 rings (SSSR count). The van der Waals surface area contributed by atoms with Crippen LogP contribution >= 0.6 is 0 Å². The highest BCUT2D eigenvalue weighted by Gasteiger charge is 2.49. The number of hydrogen-bond acceptors (Lipinski definition) is 1. The summed E-state index contributed by atoms with van der Waals surface area (Å²) < 4.78 is 6.79. The molecule has 0 unspecified atom stereocenters. The monoisotopic (exact) mass is 922 g/mol. The molecule has 344 valence electrons. The van der Waals surface area contributed by atoms with Gasteiger partial charge in [0.1, 0.15) is 11.0 Å². The van der Waals surface area contributed by atoms with Crippen LogP contribution in [0.1, 0.15) is 105 Å². The van der Waals surface area contributed by atoms with Gasteiger partial charge in [0.15, 0.2) is 0 Å². The molecule has 10 aromatic carbocycles. The summed E-state index contributed by atoms with van der Waals surface area (Å²) in [5.74, 6) is 0. The Kier molecular flexibility index (Phi) is 8.09. The molecule has 1 spiro atoms. The quantitative estimate of drug-likeness (QED) is 0.158. The van der Waals surface area contributed by atoms with Gasteiger partial charge >= 0.3 is 0 Å². The summed E-state index contributed by atoms with van der Waals surface area (Å²) >= 11 is 0. The highest BCUT2D eigenvalue weighted by molar-refractivity contribution is 6.17. The summed E-state index contributed by atoms with van der Waals surface area (Å²) in [6.07, 6.45) is 14.0. The van der Waals surface area contributed by atoms with Crippen LogP contribution in [0.15, 0.2) is 180 Å². The fourth-order valence-corrected chi connectivity index (χ4v) is 15.2. The predicted molar refractivity (Wildman–Crippen MR) is 303 cm³/mol. The minimum absolute atomic E-state index is 0.0286. The van der Waals surface area contributed by atoms with Crippen molar-refractivity contribution in [2.24, 2.45) is 0 Å². The van der Waals surface area contributed by atoms with Gasteiger partial charge in [-0.05, 0) is 188 Å². The van der Waals surface area contributed by atoms with Crippen molar-refractivity contribution in [1.82, 2.24) is 0 Å². The number of rotatable bonds is 2. The standard InChI is InChI=1S/C71H54O/c1-69(2)59-37-55-56-38-60-58(67-50-25-11-9-22-46(50)54(36-64(67)70(60,3)4)52-27-13-12-26-51-48-23-14-15-30-65(48)72-68(51)52)40-62(56)71(33-16-5-17-34-71)61(55)39-57(59)66-49-24-10-8-21-45(49)53(35-63(66)69)44-29-18-28-43-42-20-7-6-19-41(42)31-32-47(43)44/h6-11,13-15,18-32,35-40H,5,12,16-17,33-34H2,1-4H3. The summed E-state index contributed by atoms with van der Waals surface area (Å²) in [5, 5.41) is 12.9. The van der Waals surface area contributed by atoms with Crippen LogP contribution < -0.4 is 10.6 Å². The number of fused-ring (bicyclic) bond motifs is 21. The zero-order chi connectivity index (χ0) is 47.8. The van der Waals surface area contributed by atoms with E-state index in [0.29, 0.717) is 0 Å². The van der Waals surface area contributed by atoms with Crippen molar-refractivity contribution in [2.45, 2.75) is 82.5 Å². The Morgan fingerprint density at radius 2 is 0.917 bits per heavy atom. The maximum absolute atomic E-state index is 6.79. The molecule has 0 amide bonds. The first-order chi connectivity index (χ1) is 35.2. The highest BCUT2D eigenvalue weighted by atomic mass is 16.3. The van der Waals surface area contributed by atoms with Gasteiger partial charge in [-0.2, -0.15) is 0 Å². The SMILES string of the molecule is CC1(C)c2cc3c(cc2-c2c1cc(C1=c4oc5ccccc5c4=CCC=C1)c1ccccc21)C1(CCCCC1)c1cc2c(cc1-3)C(C)(C)c1cc(-c3cccc4c3ccc3ccccc34)c3ccccc3c1-2. The number of allylic oxidation sites excluding steroid dienone is 2. The van der Waals surface area contributed by atoms with Crippen LogP contribution in [0.25, 0.3) is 110 Å². The van der Waals surface area contributed by atoms with E-state index in [4.69, 9.17) is 4.42 Å². The zero-order valence-corrected chi connectivity index (χ0v) is 41.5. The molecule has 0 radical (unpaired) electrons. The molecule has 1 heterocycles. The molecule has 1 fully saturated rings. The molecule has 5 aliphatic rings. The third-order valence-electron chi connectivity index (χ3n) is 18.7. The Morgan fingerprint density at radius 3 is 1.60 bits per heavy atom. The number of furan rings is 1. The average Bonchev–Trinajstić information content (AvgIpc) is 3.99. The topological polar surface area (TPSA) is 13.1 Å². The van der Waals surface area contributed by atoms with Crippen LogP contribution in [-0.2, 0) is 16.2 Å². The van der Waals surface area contributed by atoms with Crippen molar-refractivity contribution in [1.29, 1.82) is 0 Å². The first kappa shape index (κ1) is 40.9. The lowest BCUT2D eigenvalue weighted by Gasteiger charge is -2.36. The van der Waals surface area contributed by atoms with E-state index in [9.17, 15) is 0 Å². The van der Waals surface area contributed by atoms with Gasteiger partial charge in [0, 0.05) is 32.4 Å². The molecule has 0 bridgehead atoms. The Bertz CT molecular complexity index is 4440. The van der Waals surface area contributed by atoms with E-state index in [1.54, 1.807) is 11.1 Å². The molecule has 11 aromatic rings. The van der Waals surface area contributed by atoms with E-state index in [1.807, 2.05) is 0 Å². The molecule has 0 aliphatic heterocycles. The van der Waals surface area contributed by atoms with Crippen molar-refractivity contribution in [3.8, 4) is 44.5 Å². The van der Waals surface area contributed by atoms with E-state index in [0.717, 1.165) is 17.4 Å². The van der Waals surface area contributed by atoms with Gasteiger partial charge in [0.25, 0.3) is 0 Å². The Morgan fingerprint density at radius 1 is 0.389 bits per heavy atom. The summed E-state index contributed by atoms with van der Waals surface area (Å²) in [7, 11) is 0. The molecule has 72 heavy (non-hydrogen) atoms. The molecular formula is C71H54O. The average molecular weight is 923 g/mol. The molecule has 1 saturated carbocycles. The van der Waals surface area contributed by atoms with Crippen molar-refractivity contribution < 1.29 is 4.42 Å². The Hall–Kier alpha value is -7.74. The highest BCUT2D eigenvalue weighted by Crippen LogP contribution is 2.64. The van der Waals surface area contributed by atoms with Crippen LogP contribution in [0, 0.1) is 0 Å². The van der Waals surface area contributed by atoms with Gasteiger partial charge in [-0.1, -0.05) is 187 Å². The summed E-state index contributed by atoms with van der Waals surface area (Å²) in [6.45, 7) is 9.94. The summed E-state index contributed by atoms with van der Waals surface area (Å²) in [4.78, 5) is 0. The fraction of sp³-hybridized carbons (Fsp3) is 0.183. The first-order valence-electron chi connectivity index (χ1n) is 26.5.